The summed E-state index contributed by atoms with van der Waals surface area (Å²) in [5.41, 5.74) is 6.26. The van der Waals surface area contributed by atoms with E-state index in [4.69, 9.17) is 21.3 Å². The molecule has 1 aliphatic heterocycles. The zero-order chi connectivity index (χ0) is 17.1. The molecule has 0 unspecified atom stereocenters. The van der Waals surface area contributed by atoms with Crippen molar-refractivity contribution >= 4 is 17.3 Å². The van der Waals surface area contributed by atoms with Gasteiger partial charge in [-0.1, -0.05) is 41.9 Å². The zero-order valence-electron chi connectivity index (χ0n) is 14.4. The van der Waals surface area contributed by atoms with Crippen molar-refractivity contribution in [2.24, 2.45) is 4.99 Å². The van der Waals surface area contributed by atoms with Crippen LogP contribution in [-0.4, -0.2) is 50.0 Å². The van der Waals surface area contributed by atoms with Gasteiger partial charge in [-0.3, -0.25) is 9.89 Å². The van der Waals surface area contributed by atoms with Crippen LogP contribution in [0.1, 0.15) is 22.3 Å². The van der Waals surface area contributed by atoms with Crippen LogP contribution in [0.3, 0.4) is 0 Å². The third-order valence-corrected chi connectivity index (χ3v) is 5.29. The van der Waals surface area contributed by atoms with Gasteiger partial charge in [-0.2, -0.15) is 0 Å². The molecule has 4 rings (SSSR count). The van der Waals surface area contributed by atoms with E-state index in [1.165, 1.54) is 22.3 Å². The summed E-state index contributed by atoms with van der Waals surface area (Å²) < 4.78 is 5.43. The van der Waals surface area contributed by atoms with Crippen LogP contribution in [0, 0.1) is 0 Å². The fraction of sp³-hybridized carbons (Fsp3) is 0.381. The van der Waals surface area contributed by atoms with Gasteiger partial charge >= 0.3 is 0 Å². The normalized spacial score (nSPS) is 19.3. The van der Waals surface area contributed by atoms with Gasteiger partial charge in [-0.25, -0.2) is 0 Å². The highest BCUT2D eigenvalue weighted by Crippen LogP contribution is 2.27. The Hall–Kier alpha value is -1.68. The number of benzene rings is 2. The van der Waals surface area contributed by atoms with Crippen molar-refractivity contribution in [3.8, 4) is 0 Å². The lowest BCUT2D eigenvalue weighted by Gasteiger charge is -2.25. The van der Waals surface area contributed by atoms with E-state index >= 15 is 0 Å². The molecule has 25 heavy (non-hydrogen) atoms. The first-order valence-electron chi connectivity index (χ1n) is 9.03. The van der Waals surface area contributed by atoms with E-state index < -0.39 is 0 Å². The molecule has 1 fully saturated rings. The number of aliphatic imine (C=N–C) groups is 1. The summed E-state index contributed by atoms with van der Waals surface area (Å²) in [5.74, 6) is 0. The maximum absolute atomic E-state index is 6.30. The monoisotopic (exact) mass is 354 g/mol. The lowest BCUT2D eigenvalue weighted by molar-refractivity contribution is 0.0394. The number of nitrogens with zero attached hydrogens (tertiary/aromatic N) is 2. The lowest BCUT2D eigenvalue weighted by atomic mass is 9.98. The highest BCUT2D eigenvalue weighted by Gasteiger charge is 2.19. The predicted octanol–water partition coefficient (Wildman–Crippen LogP) is 3.61. The number of morpholine rings is 1. The van der Waals surface area contributed by atoms with E-state index in [9.17, 15) is 0 Å². The minimum absolute atomic E-state index is 0.777. The van der Waals surface area contributed by atoms with Gasteiger partial charge in [0.2, 0.25) is 0 Å². The van der Waals surface area contributed by atoms with Crippen LogP contribution in [0.5, 0.6) is 0 Å². The van der Waals surface area contributed by atoms with Crippen LogP contribution in [-0.2, 0) is 17.6 Å². The highest BCUT2D eigenvalue weighted by atomic mass is 35.5. The minimum atomic E-state index is 0.777. The molecule has 1 aliphatic carbocycles. The summed E-state index contributed by atoms with van der Waals surface area (Å²) in [6, 6.07) is 14.9. The molecule has 1 heterocycles. The van der Waals surface area contributed by atoms with Gasteiger partial charge < -0.3 is 4.74 Å². The van der Waals surface area contributed by atoms with E-state index in [0.29, 0.717) is 0 Å². The maximum Gasteiger partial charge on any atom is 0.0725 e. The molecule has 0 radical (unpaired) electrons. The SMILES string of the molecule is Clc1ccc2c(c1)C(=NCCN1CCOCC1)c1ccccc1CC2. The Balaban J connectivity index is 1.66. The van der Waals surface area contributed by atoms with Crippen LogP contribution in [0.4, 0.5) is 0 Å². The van der Waals surface area contributed by atoms with E-state index in [1.54, 1.807) is 0 Å². The molecule has 3 nitrogen and oxygen atoms in total. The number of ether oxygens (including phenoxy) is 1. The third-order valence-electron chi connectivity index (χ3n) is 5.05. The number of rotatable bonds is 3. The Morgan fingerprint density at radius 1 is 0.960 bits per heavy atom. The van der Waals surface area contributed by atoms with Crippen LogP contribution < -0.4 is 0 Å². The Morgan fingerprint density at radius 3 is 2.56 bits per heavy atom. The molecule has 0 N–H and O–H groups in total. The second kappa shape index (κ2) is 7.69. The lowest BCUT2D eigenvalue weighted by Crippen LogP contribution is -2.37. The van der Waals surface area contributed by atoms with Gasteiger partial charge in [0.15, 0.2) is 0 Å². The zero-order valence-corrected chi connectivity index (χ0v) is 15.1. The van der Waals surface area contributed by atoms with Gasteiger partial charge in [0.05, 0.1) is 25.5 Å². The van der Waals surface area contributed by atoms with Crippen molar-refractivity contribution in [3.63, 3.8) is 0 Å². The number of halogens is 1. The molecule has 130 valence electrons. The van der Waals surface area contributed by atoms with Crippen LogP contribution >= 0.6 is 11.6 Å². The van der Waals surface area contributed by atoms with Crippen molar-refractivity contribution < 1.29 is 4.74 Å². The molecule has 0 atom stereocenters. The fourth-order valence-electron chi connectivity index (χ4n) is 3.67. The maximum atomic E-state index is 6.30. The average Bonchev–Trinajstić information content (AvgIpc) is 2.80. The highest BCUT2D eigenvalue weighted by molar-refractivity contribution is 6.31. The Morgan fingerprint density at radius 2 is 1.72 bits per heavy atom. The van der Waals surface area contributed by atoms with Gasteiger partial charge in [-0.05, 0) is 36.1 Å². The molecule has 0 spiro atoms. The van der Waals surface area contributed by atoms with Gasteiger partial charge in [0, 0.05) is 35.8 Å². The number of hydrogen-bond donors (Lipinski definition) is 0. The van der Waals surface area contributed by atoms with Gasteiger partial charge in [0.1, 0.15) is 0 Å². The quantitative estimate of drug-likeness (QED) is 0.841. The molecule has 0 amide bonds. The molecule has 2 aliphatic rings. The molecule has 2 aromatic rings. The van der Waals surface area contributed by atoms with Crippen molar-refractivity contribution in [1.29, 1.82) is 0 Å². The second-order valence-corrected chi connectivity index (χ2v) is 7.08. The standard InChI is InChI=1S/C21H23ClN2O/c22-18-8-7-17-6-5-16-3-1-2-4-19(16)21(20(17)15-18)23-9-10-24-11-13-25-14-12-24/h1-4,7-8,15H,5-6,9-14H2. The third kappa shape index (κ3) is 3.79. The molecule has 0 aromatic heterocycles. The molecule has 2 aromatic carbocycles. The summed E-state index contributed by atoms with van der Waals surface area (Å²) in [6.07, 6.45) is 2.08. The molecule has 1 saturated heterocycles. The van der Waals surface area contributed by atoms with Crippen molar-refractivity contribution in [2.45, 2.75) is 12.8 Å². The van der Waals surface area contributed by atoms with E-state index in [2.05, 4.69) is 41.3 Å². The predicted molar refractivity (Wildman–Crippen MR) is 103 cm³/mol. The fourth-order valence-corrected chi connectivity index (χ4v) is 3.84. The summed E-state index contributed by atoms with van der Waals surface area (Å²) in [5, 5.41) is 0.777. The van der Waals surface area contributed by atoms with E-state index in [1.807, 2.05) is 6.07 Å². The molecule has 0 saturated carbocycles. The Bertz CT molecular complexity index is 781. The number of aryl methyl sites for hydroxylation is 2. The first kappa shape index (κ1) is 16.8. The Labute approximate surface area is 154 Å². The van der Waals surface area contributed by atoms with Crippen molar-refractivity contribution in [2.75, 3.05) is 39.4 Å². The number of fused-ring (bicyclic) bond motifs is 2. The van der Waals surface area contributed by atoms with E-state index in [0.717, 1.165) is 63.0 Å². The summed E-state index contributed by atoms with van der Waals surface area (Å²) in [4.78, 5) is 7.46. The van der Waals surface area contributed by atoms with Gasteiger partial charge in [-0.15, -0.1) is 0 Å². The molecular formula is C21H23ClN2O. The van der Waals surface area contributed by atoms with Crippen LogP contribution in [0.15, 0.2) is 47.5 Å². The topological polar surface area (TPSA) is 24.8 Å². The number of hydrogen-bond acceptors (Lipinski definition) is 3. The summed E-state index contributed by atoms with van der Waals surface area (Å²) in [7, 11) is 0. The van der Waals surface area contributed by atoms with Crippen LogP contribution in [0.2, 0.25) is 5.02 Å². The molecule has 4 heteroatoms. The van der Waals surface area contributed by atoms with Gasteiger partial charge in [0.25, 0.3) is 0 Å². The average molecular weight is 355 g/mol. The van der Waals surface area contributed by atoms with Crippen molar-refractivity contribution in [1.82, 2.24) is 4.90 Å². The first-order chi connectivity index (χ1) is 12.3. The largest absolute Gasteiger partial charge is 0.379 e. The molecular weight excluding hydrogens is 332 g/mol. The van der Waals surface area contributed by atoms with Crippen molar-refractivity contribution in [3.05, 3.63) is 69.7 Å². The van der Waals surface area contributed by atoms with E-state index in [-0.39, 0.29) is 0 Å². The second-order valence-electron chi connectivity index (χ2n) is 6.64. The summed E-state index contributed by atoms with van der Waals surface area (Å²) in [6.45, 7) is 5.45. The first-order valence-corrected chi connectivity index (χ1v) is 9.41. The molecule has 0 bridgehead atoms. The minimum Gasteiger partial charge on any atom is -0.379 e. The Kier molecular flexibility index (Phi) is 5.16. The van der Waals surface area contributed by atoms with Crippen LogP contribution in [0.25, 0.3) is 0 Å². The summed E-state index contributed by atoms with van der Waals surface area (Å²) >= 11 is 6.30. The smallest absolute Gasteiger partial charge is 0.0725 e.